The van der Waals surface area contributed by atoms with Gasteiger partial charge in [-0.2, -0.15) is 0 Å². The van der Waals surface area contributed by atoms with Gasteiger partial charge in [0.15, 0.2) is 0 Å². The highest BCUT2D eigenvalue weighted by atomic mass is 79.9. The minimum atomic E-state index is -0.340. The van der Waals surface area contributed by atoms with Crippen LogP contribution in [0.1, 0.15) is 5.56 Å². The molecule has 0 spiro atoms. The summed E-state index contributed by atoms with van der Waals surface area (Å²) < 4.78 is 19.1. The quantitative estimate of drug-likeness (QED) is 0.899. The van der Waals surface area contributed by atoms with Crippen LogP contribution in [0, 0.1) is 5.82 Å². The Morgan fingerprint density at radius 3 is 2.67 bits per heavy atom. The van der Waals surface area contributed by atoms with Crippen LogP contribution >= 0.6 is 27.5 Å². The molecule has 0 aliphatic heterocycles. The number of ether oxygens (including phenoxy) is 1. The third-order valence-electron chi connectivity index (χ3n) is 2.37. The van der Waals surface area contributed by atoms with Crippen molar-refractivity contribution in [2.45, 2.75) is 6.54 Å². The van der Waals surface area contributed by atoms with Crippen LogP contribution in [0.5, 0.6) is 11.5 Å². The van der Waals surface area contributed by atoms with Crippen LogP contribution in [-0.2, 0) is 6.54 Å². The molecule has 0 heterocycles. The highest BCUT2D eigenvalue weighted by Gasteiger charge is 2.07. The Kier molecular flexibility index (Phi) is 4.22. The molecule has 0 bridgehead atoms. The van der Waals surface area contributed by atoms with Gasteiger partial charge < -0.3 is 10.5 Å². The van der Waals surface area contributed by atoms with Crippen LogP contribution in [0.3, 0.4) is 0 Å². The summed E-state index contributed by atoms with van der Waals surface area (Å²) in [6.07, 6.45) is 0. The summed E-state index contributed by atoms with van der Waals surface area (Å²) in [5, 5.41) is 0.559. The normalized spacial score (nSPS) is 10.4. The van der Waals surface area contributed by atoms with Crippen molar-refractivity contribution in [3.63, 3.8) is 0 Å². The molecular formula is C13H10BrClFNO. The summed E-state index contributed by atoms with van der Waals surface area (Å²) in [6.45, 7) is 0.342. The van der Waals surface area contributed by atoms with Crippen molar-refractivity contribution in [2.75, 3.05) is 0 Å². The zero-order chi connectivity index (χ0) is 13.1. The summed E-state index contributed by atoms with van der Waals surface area (Å²) in [4.78, 5) is 0. The summed E-state index contributed by atoms with van der Waals surface area (Å²) in [5.74, 6) is 0.747. The van der Waals surface area contributed by atoms with Gasteiger partial charge in [0.2, 0.25) is 0 Å². The summed E-state index contributed by atoms with van der Waals surface area (Å²) in [7, 11) is 0. The van der Waals surface area contributed by atoms with Gasteiger partial charge in [-0.25, -0.2) is 4.39 Å². The van der Waals surface area contributed by atoms with E-state index < -0.39 is 0 Å². The van der Waals surface area contributed by atoms with Crippen molar-refractivity contribution < 1.29 is 9.13 Å². The van der Waals surface area contributed by atoms with Gasteiger partial charge in [-0.1, -0.05) is 17.7 Å². The first kappa shape index (κ1) is 13.3. The summed E-state index contributed by atoms with van der Waals surface area (Å²) >= 11 is 9.01. The molecule has 0 amide bonds. The van der Waals surface area contributed by atoms with E-state index in [2.05, 4.69) is 15.9 Å². The second-order valence-corrected chi connectivity index (χ2v) is 4.92. The molecule has 0 saturated heterocycles. The fourth-order valence-corrected chi connectivity index (χ4v) is 1.98. The first-order valence-electron chi connectivity index (χ1n) is 5.21. The minimum Gasteiger partial charge on any atom is -0.457 e. The van der Waals surface area contributed by atoms with E-state index in [4.69, 9.17) is 22.1 Å². The molecular weight excluding hydrogens is 321 g/mol. The molecule has 0 radical (unpaired) electrons. The first-order chi connectivity index (χ1) is 8.60. The Morgan fingerprint density at radius 2 is 2.00 bits per heavy atom. The fraction of sp³-hybridized carbons (Fsp3) is 0.0769. The maximum absolute atomic E-state index is 13.1. The van der Waals surface area contributed by atoms with E-state index in [1.54, 1.807) is 30.3 Å². The van der Waals surface area contributed by atoms with Gasteiger partial charge in [0, 0.05) is 17.1 Å². The number of halogens is 3. The predicted octanol–water partition coefficient (Wildman–Crippen LogP) is 4.49. The molecule has 0 aromatic heterocycles. The van der Waals surface area contributed by atoms with Gasteiger partial charge >= 0.3 is 0 Å². The topological polar surface area (TPSA) is 35.2 Å². The van der Waals surface area contributed by atoms with Crippen LogP contribution in [0.25, 0.3) is 0 Å². The van der Waals surface area contributed by atoms with E-state index in [-0.39, 0.29) is 5.82 Å². The summed E-state index contributed by atoms with van der Waals surface area (Å²) in [5.41, 5.74) is 6.45. The zero-order valence-electron chi connectivity index (χ0n) is 9.29. The van der Waals surface area contributed by atoms with Crippen LogP contribution < -0.4 is 10.5 Å². The molecule has 0 atom stereocenters. The maximum Gasteiger partial charge on any atom is 0.137 e. The zero-order valence-corrected chi connectivity index (χ0v) is 11.6. The molecule has 2 nitrogen and oxygen atoms in total. The third-order valence-corrected chi connectivity index (χ3v) is 3.21. The first-order valence-corrected chi connectivity index (χ1v) is 6.38. The Labute approximate surface area is 118 Å². The molecule has 5 heteroatoms. The Bertz CT molecular complexity index is 577. The van der Waals surface area contributed by atoms with Crippen molar-refractivity contribution in [1.29, 1.82) is 0 Å². The molecule has 0 fully saturated rings. The third kappa shape index (κ3) is 3.02. The molecule has 94 valence electrons. The van der Waals surface area contributed by atoms with Crippen molar-refractivity contribution in [3.8, 4) is 11.5 Å². The molecule has 2 N–H and O–H groups in total. The van der Waals surface area contributed by atoms with E-state index in [1.165, 1.54) is 6.07 Å². The van der Waals surface area contributed by atoms with E-state index in [0.717, 1.165) is 5.56 Å². The highest BCUT2D eigenvalue weighted by Crippen LogP contribution is 2.30. The lowest BCUT2D eigenvalue weighted by atomic mass is 10.2. The number of nitrogens with two attached hydrogens (primary N) is 1. The molecule has 0 unspecified atom stereocenters. The fourth-order valence-electron chi connectivity index (χ4n) is 1.46. The molecule has 2 aromatic carbocycles. The second-order valence-electron chi connectivity index (χ2n) is 3.63. The Balaban J connectivity index is 2.33. The van der Waals surface area contributed by atoms with Gasteiger partial charge in [-0.05, 0) is 46.3 Å². The molecule has 2 rings (SSSR count). The van der Waals surface area contributed by atoms with Crippen molar-refractivity contribution in [2.24, 2.45) is 5.73 Å². The second kappa shape index (κ2) is 5.69. The molecule has 0 saturated carbocycles. The van der Waals surface area contributed by atoms with Crippen molar-refractivity contribution >= 4 is 27.5 Å². The largest absolute Gasteiger partial charge is 0.457 e. The lowest BCUT2D eigenvalue weighted by Gasteiger charge is -2.10. The van der Waals surface area contributed by atoms with Gasteiger partial charge in [-0.3, -0.25) is 0 Å². The Morgan fingerprint density at radius 1 is 1.22 bits per heavy atom. The average molecular weight is 331 g/mol. The smallest absolute Gasteiger partial charge is 0.137 e. The number of hydrogen-bond acceptors (Lipinski definition) is 2. The van der Waals surface area contributed by atoms with Crippen LogP contribution in [0.15, 0.2) is 40.9 Å². The van der Waals surface area contributed by atoms with E-state index in [9.17, 15) is 4.39 Å². The van der Waals surface area contributed by atoms with Crippen LogP contribution in [0.2, 0.25) is 5.02 Å². The molecule has 0 aliphatic carbocycles. The van der Waals surface area contributed by atoms with Gasteiger partial charge in [0.05, 0.1) is 4.47 Å². The molecule has 0 aliphatic rings. The van der Waals surface area contributed by atoms with E-state index >= 15 is 0 Å². The monoisotopic (exact) mass is 329 g/mol. The number of rotatable bonds is 3. The molecule has 18 heavy (non-hydrogen) atoms. The highest BCUT2D eigenvalue weighted by molar-refractivity contribution is 9.10. The van der Waals surface area contributed by atoms with Gasteiger partial charge in [0.1, 0.15) is 17.3 Å². The van der Waals surface area contributed by atoms with E-state index in [0.29, 0.717) is 27.5 Å². The van der Waals surface area contributed by atoms with Crippen LogP contribution in [0.4, 0.5) is 4.39 Å². The van der Waals surface area contributed by atoms with Gasteiger partial charge in [0.25, 0.3) is 0 Å². The number of hydrogen-bond donors (Lipinski definition) is 1. The SMILES string of the molecule is NCc1ccc(Cl)cc1Oc1ccc(F)c(Br)c1. The van der Waals surface area contributed by atoms with Crippen molar-refractivity contribution in [3.05, 3.63) is 57.3 Å². The van der Waals surface area contributed by atoms with Crippen LogP contribution in [-0.4, -0.2) is 0 Å². The maximum atomic E-state index is 13.1. The average Bonchev–Trinajstić information content (AvgIpc) is 2.34. The summed E-state index contributed by atoms with van der Waals surface area (Å²) in [6, 6.07) is 9.65. The number of benzene rings is 2. The lowest BCUT2D eigenvalue weighted by Crippen LogP contribution is -1.99. The van der Waals surface area contributed by atoms with Crippen molar-refractivity contribution in [1.82, 2.24) is 0 Å². The standard InChI is InChI=1S/C13H10BrClFNO/c14-11-6-10(3-4-12(11)16)18-13-5-9(15)2-1-8(13)7-17/h1-6H,7,17H2. The van der Waals surface area contributed by atoms with E-state index in [1.807, 2.05) is 0 Å². The Hall–Kier alpha value is -1.10. The van der Waals surface area contributed by atoms with Gasteiger partial charge in [-0.15, -0.1) is 0 Å². The lowest BCUT2D eigenvalue weighted by molar-refractivity contribution is 0.474. The minimum absolute atomic E-state index is 0.340. The predicted molar refractivity (Wildman–Crippen MR) is 73.5 cm³/mol. The molecule has 2 aromatic rings.